The number of amides is 1. The lowest BCUT2D eigenvalue weighted by Crippen LogP contribution is -2.44. The molecule has 2 fully saturated rings. The lowest BCUT2D eigenvalue weighted by molar-refractivity contribution is 0.102. The van der Waals surface area contributed by atoms with Gasteiger partial charge in [-0.15, -0.1) is 0 Å². The van der Waals surface area contributed by atoms with E-state index in [4.69, 9.17) is 4.74 Å². The zero-order valence-electron chi connectivity index (χ0n) is 16.8. The van der Waals surface area contributed by atoms with Crippen molar-refractivity contribution in [1.82, 2.24) is 14.9 Å². The highest BCUT2D eigenvalue weighted by atomic mass is 16.5. The van der Waals surface area contributed by atoms with E-state index >= 15 is 0 Å². The van der Waals surface area contributed by atoms with Gasteiger partial charge >= 0.3 is 0 Å². The third-order valence-electron chi connectivity index (χ3n) is 5.43. The number of aromatic nitrogens is 2. The van der Waals surface area contributed by atoms with Crippen molar-refractivity contribution in [1.29, 1.82) is 0 Å². The summed E-state index contributed by atoms with van der Waals surface area (Å²) in [5.41, 5.74) is 2.26. The van der Waals surface area contributed by atoms with Gasteiger partial charge in [0, 0.05) is 56.8 Å². The lowest BCUT2D eigenvalue weighted by Gasteiger charge is -2.34. The van der Waals surface area contributed by atoms with Crippen LogP contribution in [0.15, 0.2) is 36.7 Å². The van der Waals surface area contributed by atoms with E-state index in [1.807, 2.05) is 12.1 Å². The molecule has 1 aromatic carbocycles. The van der Waals surface area contributed by atoms with Gasteiger partial charge in [0.15, 0.2) is 0 Å². The molecule has 0 saturated carbocycles. The van der Waals surface area contributed by atoms with Crippen molar-refractivity contribution in [2.45, 2.75) is 18.9 Å². The van der Waals surface area contributed by atoms with Gasteiger partial charge in [0.2, 0.25) is 0 Å². The molecule has 2 aromatic rings. The highest BCUT2D eigenvalue weighted by Gasteiger charge is 2.16. The summed E-state index contributed by atoms with van der Waals surface area (Å²) in [5.74, 6) is 0.381. The molecule has 1 atom stereocenters. The largest absolute Gasteiger partial charge is 0.376 e. The van der Waals surface area contributed by atoms with Crippen LogP contribution in [-0.4, -0.2) is 73.3 Å². The van der Waals surface area contributed by atoms with E-state index < -0.39 is 0 Å². The molecule has 2 aliphatic heterocycles. The number of piperazine rings is 1. The topological polar surface area (TPSA) is 82.6 Å². The minimum atomic E-state index is -0.250. The number of hydrogen-bond donors (Lipinski definition) is 2. The van der Waals surface area contributed by atoms with Crippen LogP contribution in [0.4, 0.5) is 17.2 Å². The van der Waals surface area contributed by atoms with Gasteiger partial charge in [-0.2, -0.15) is 0 Å². The van der Waals surface area contributed by atoms with Crippen LogP contribution in [0, 0.1) is 0 Å². The van der Waals surface area contributed by atoms with Crippen LogP contribution < -0.4 is 15.5 Å². The third-order valence-corrected chi connectivity index (χ3v) is 5.43. The highest BCUT2D eigenvalue weighted by Crippen LogP contribution is 2.20. The maximum atomic E-state index is 12.6. The van der Waals surface area contributed by atoms with Gasteiger partial charge in [-0.1, -0.05) is 0 Å². The Labute approximate surface area is 171 Å². The Balaban J connectivity index is 1.33. The summed E-state index contributed by atoms with van der Waals surface area (Å²) in [4.78, 5) is 25.6. The predicted octanol–water partition coefficient (Wildman–Crippen LogP) is 2.07. The summed E-state index contributed by atoms with van der Waals surface area (Å²) in [6.45, 7) is 5.67. The Morgan fingerprint density at radius 1 is 1.17 bits per heavy atom. The molecule has 2 N–H and O–H groups in total. The van der Waals surface area contributed by atoms with Gasteiger partial charge in [0.1, 0.15) is 17.8 Å². The predicted molar refractivity (Wildman–Crippen MR) is 114 cm³/mol. The third kappa shape index (κ3) is 5.21. The average molecular weight is 396 g/mol. The number of benzene rings is 1. The quantitative estimate of drug-likeness (QED) is 0.773. The molecule has 0 spiro atoms. The van der Waals surface area contributed by atoms with Crippen molar-refractivity contribution in [3.8, 4) is 0 Å². The first-order chi connectivity index (χ1) is 14.2. The van der Waals surface area contributed by atoms with Crippen molar-refractivity contribution in [2.24, 2.45) is 0 Å². The van der Waals surface area contributed by atoms with E-state index in [9.17, 15) is 4.79 Å². The first-order valence-corrected chi connectivity index (χ1v) is 10.2. The summed E-state index contributed by atoms with van der Waals surface area (Å²) < 4.78 is 5.60. The van der Waals surface area contributed by atoms with Crippen LogP contribution in [0.1, 0.15) is 23.3 Å². The van der Waals surface area contributed by atoms with Crippen LogP contribution in [-0.2, 0) is 4.74 Å². The van der Waals surface area contributed by atoms with Crippen LogP contribution in [0.25, 0.3) is 0 Å². The number of nitrogens with one attached hydrogen (secondary N) is 2. The minimum absolute atomic E-state index is 0.209. The molecular formula is C21H28N6O2. The standard InChI is InChI=1S/C21H28N6O2/c1-26-8-10-27(11-9-26)17-6-4-16(5-7-17)25-21(28)19-13-20(24-15-23-19)22-14-18-3-2-12-29-18/h4-7,13,15,18H,2-3,8-12,14H2,1H3,(H,25,28)(H,22,23,24). The first-order valence-electron chi connectivity index (χ1n) is 10.2. The molecule has 1 unspecified atom stereocenters. The van der Waals surface area contributed by atoms with Crippen LogP contribution in [0.2, 0.25) is 0 Å². The summed E-state index contributed by atoms with van der Waals surface area (Å²) in [6, 6.07) is 9.64. The van der Waals surface area contributed by atoms with E-state index in [1.54, 1.807) is 6.07 Å². The van der Waals surface area contributed by atoms with Crippen LogP contribution >= 0.6 is 0 Å². The number of anilines is 3. The van der Waals surface area contributed by atoms with Crippen molar-refractivity contribution < 1.29 is 9.53 Å². The molecule has 154 valence electrons. The fourth-order valence-corrected chi connectivity index (χ4v) is 3.62. The molecule has 0 aliphatic carbocycles. The van der Waals surface area contributed by atoms with E-state index in [0.29, 0.717) is 18.1 Å². The van der Waals surface area contributed by atoms with Crippen LogP contribution in [0.5, 0.6) is 0 Å². The Morgan fingerprint density at radius 2 is 1.97 bits per heavy atom. The lowest BCUT2D eigenvalue weighted by atomic mass is 10.2. The molecule has 3 heterocycles. The van der Waals surface area contributed by atoms with Gasteiger partial charge in [0.05, 0.1) is 6.10 Å². The SMILES string of the molecule is CN1CCN(c2ccc(NC(=O)c3cc(NCC4CCCO4)ncn3)cc2)CC1. The molecule has 4 rings (SSSR count). The summed E-state index contributed by atoms with van der Waals surface area (Å²) in [6.07, 6.45) is 3.76. The maximum Gasteiger partial charge on any atom is 0.274 e. The van der Waals surface area contributed by atoms with Crippen molar-refractivity contribution in [3.05, 3.63) is 42.4 Å². The minimum Gasteiger partial charge on any atom is -0.376 e. The number of ether oxygens (including phenoxy) is 1. The van der Waals surface area contributed by atoms with Crippen molar-refractivity contribution in [2.75, 3.05) is 61.9 Å². The fraction of sp³-hybridized carbons (Fsp3) is 0.476. The Hall–Kier alpha value is -2.71. The zero-order valence-corrected chi connectivity index (χ0v) is 16.8. The monoisotopic (exact) mass is 396 g/mol. The second-order valence-electron chi connectivity index (χ2n) is 7.60. The zero-order chi connectivity index (χ0) is 20.1. The van der Waals surface area contributed by atoms with E-state index in [1.165, 1.54) is 12.0 Å². The van der Waals surface area contributed by atoms with Crippen molar-refractivity contribution in [3.63, 3.8) is 0 Å². The molecule has 2 aliphatic rings. The maximum absolute atomic E-state index is 12.6. The normalized spacial score (nSPS) is 19.9. The highest BCUT2D eigenvalue weighted by molar-refractivity contribution is 6.03. The second kappa shape index (κ2) is 9.19. The molecule has 8 nitrogen and oxygen atoms in total. The van der Waals surface area contributed by atoms with Crippen molar-refractivity contribution >= 4 is 23.1 Å². The van der Waals surface area contributed by atoms with E-state index in [2.05, 4.69) is 49.6 Å². The van der Waals surface area contributed by atoms with Crippen LogP contribution in [0.3, 0.4) is 0 Å². The fourth-order valence-electron chi connectivity index (χ4n) is 3.62. The summed E-state index contributed by atoms with van der Waals surface area (Å²) >= 11 is 0. The number of nitrogens with zero attached hydrogens (tertiary/aromatic N) is 4. The Morgan fingerprint density at radius 3 is 2.69 bits per heavy atom. The van der Waals surface area contributed by atoms with E-state index in [0.717, 1.165) is 51.3 Å². The first kappa shape index (κ1) is 19.6. The number of carbonyl (C=O) groups is 1. The molecule has 1 aromatic heterocycles. The number of carbonyl (C=O) groups excluding carboxylic acids is 1. The van der Waals surface area contributed by atoms with Gasteiger partial charge in [-0.3, -0.25) is 4.79 Å². The molecule has 0 bridgehead atoms. The average Bonchev–Trinajstić information content (AvgIpc) is 3.27. The van der Waals surface area contributed by atoms with Gasteiger partial charge in [-0.05, 0) is 44.2 Å². The Kier molecular flexibility index (Phi) is 6.21. The van der Waals surface area contributed by atoms with E-state index in [-0.39, 0.29) is 12.0 Å². The molecular weight excluding hydrogens is 368 g/mol. The number of likely N-dealkylation sites (N-methyl/N-ethyl adjacent to an activating group) is 1. The second-order valence-corrected chi connectivity index (χ2v) is 7.60. The smallest absolute Gasteiger partial charge is 0.274 e. The molecule has 2 saturated heterocycles. The van der Waals surface area contributed by atoms with Gasteiger partial charge in [-0.25, -0.2) is 9.97 Å². The molecule has 29 heavy (non-hydrogen) atoms. The van der Waals surface area contributed by atoms with Gasteiger partial charge in [0.25, 0.3) is 5.91 Å². The number of rotatable bonds is 6. The molecule has 0 radical (unpaired) electrons. The van der Waals surface area contributed by atoms with Gasteiger partial charge < -0.3 is 25.2 Å². The summed E-state index contributed by atoms with van der Waals surface area (Å²) in [5, 5.41) is 6.14. The summed E-state index contributed by atoms with van der Waals surface area (Å²) in [7, 11) is 2.15. The number of hydrogen-bond acceptors (Lipinski definition) is 7. The molecule has 8 heteroatoms. The Bertz CT molecular complexity index is 814. The molecule has 1 amide bonds.